The van der Waals surface area contributed by atoms with Crippen LogP contribution in [0, 0.1) is 16.7 Å². The molecule has 1 amide bonds. The van der Waals surface area contributed by atoms with Gasteiger partial charge in [-0.2, -0.15) is 10.4 Å². The molecule has 0 unspecified atom stereocenters. The molecule has 5 nitrogen and oxygen atoms in total. The van der Waals surface area contributed by atoms with Crippen LogP contribution in [-0.2, 0) is 11.8 Å². The third-order valence-electron chi connectivity index (χ3n) is 1.97. The van der Waals surface area contributed by atoms with E-state index in [-0.39, 0.29) is 5.91 Å². The second kappa shape index (κ2) is 3.73. The number of aromatic nitrogens is 2. The molecule has 15 heavy (non-hydrogen) atoms. The Bertz CT molecular complexity index is 420. The van der Waals surface area contributed by atoms with Gasteiger partial charge in [0.1, 0.15) is 17.5 Å². The molecule has 1 heterocycles. The van der Waals surface area contributed by atoms with E-state index in [1.807, 2.05) is 26.8 Å². The average molecular weight is 206 g/mol. The van der Waals surface area contributed by atoms with Crippen molar-refractivity contribution in [1.82, 2.24) is 9.78 Å². The number of nitrogens with zero attached hydrogens (tertiary/aromatic N) is 3. The fraction of sp³-hybridized carbons (Fsp3) is 0.500. The van der Waals surface area contributed by atoms with E-state index in [0.717, 1.165) is 0 Å². The molecule has 0 aliphatic heterocycles. The van der Waals surface area contributed by atoms with E-state index in [9.17, 15) is 4.79 Å². The number of rotatable bonds is 1. The molecule has 5 heteroatoms. The highest BCUT2D eigenvalue weighted by Crippen LogP contribution is 2.19. The minimum absolute atomic E-state index is 0.136. The number of carbonyl (C=O) groups excluding carboxylic acids is 1. The van der Waals surface area contributed by atoms with Crippen LogP contribution in [-0.4, -0.2) is 15.7 Å². The lowest BCUT2D eigenvalue weighted by Crippen LogP contribution is -2.28. The van der Waals surface area contributed by atoms with Crippen molar-refractivity contribution < 1.29 is 4.79 Å². The van der Waals surface area contributed by atoms with Crippen molar-refractivity contribution in [3.05, 3.63) is 11.8 Å². The second-order valence-electron chi connectivity index (χ2n) is 4.35. The fourth-order valence-corrected chi connectivity index (χ4v) is 0.963. The normalized spacial score (nSPS) is 10.9. The molecule has 0 bridgehead atoms. The lowest BCUT2D eigenvalue weighted by Gasteiger charge is -2.17. The summed E-state index contributed by atoms with van der Waals surface area (Å²) in [4.78, 5) is 11.7. The van der Waals surface area contributed by atoms with Gasteiger partial charge in [0, 0.05) is 12.5 Å². The third kappa shape index (κ3) is 2.34. The maximum Gasteiger partial charge on any atom is 0.230 e. The van der Waals surface area contributed by atoms with Crippen LogP contribution in [0.5, 0.6) is 0 Å². The summed E-state index contributed by atoms with van der Waals surface area (Å²) >= 11 is 0. The number of carbonyl (C=O) groups is 1. The first-order chi connectivity index (χ1) is 6.86. The topological polar surface area (TPSA) is 70.7 Å². The molecular weight excluding hydrogens is 192 g/mol. The minimum Gasteiger partial charge on any atom is -0.309 e. The molecule has 1 rings (SSSR count). The standard InChI is InChI=1S/C10H14N4O/c1-10(2,3)9(15)13-8-7(5-11)6-12-14(8)4/h6H,1-4H3,(H,13,15). The molecule has 0 radical (unpaired) electrons. The van der Waals surface area contributed by atoms with Crippen molar-refractivity contribution in [2.45, 2.75) is 20.8 Å². The minimum atomic E-state index is -0.489. The van der Waals surface area contributed by atoms with Gasteiger partial charge in [0.15, 0.2) is 0 Å². The number of nitrogens with one attached hydrogen (secondary N) is 1. The van der Waals surface area contributed by atoms with Crippen LogP contribution < -0.4 is 5.32 Å². The van der Waals surface area contributed by atoms with Gasteiger partial charge in [-0.1, -0.05) is 20.8 Å². The van der Waals surface area contributed by atoms with Crippen molar-refractivity contribution in [2.75, 3.05) is 5.32 Å². The lowest BCUT2D eigenvalue weighted by atomic mass is 9.96. The van der Waals surface area contributed by atoms with E-state index < -0.39 is 5.41 Å². The summed E-state index contributed by atoms with van der Waals surface area (Å²) in [5.41, 5.74) is -0.119. The van der Waals surface area contributed by atoms with Crippen LogP contribution in [0.4, 0.5) is 5.82 Å². The zero-order chi connectivity index (χ0) is 11.6. The molecule has 1 aromatic heterocycles. The molecule has 0 spiro atoms. The number of amides is 1. The Balaban J connectivity index is 2.96. The maximum atomic E-state index is 11.7. The van der Waals surface area contributed by atoms with Gasteiger partial charge in [-0.3, -0.25) is 9.48 Å². The van der Waals surface area contributed by atoms with Gasteiger partial charge in [0.25, 0.3) is 0 Å². The van der Waals surface area contributed by atoms with E-state index in [2.05, 4.69) is 10.4 Å². The Kier molecular flexibility index (Phi) is 2.80. The van der Waals surface area contributed by atoms with Crippen LogP contribution in [0.3, 0.4) is 0 Å². The third-order valence-corrected chi connectivity index (χ3v) is 1.97. The zero-order valence-corrected chi connectivity index (χ0v) is 9.33. The smallest absolute Gasteiger partial charge is 0.230 e. The number of aryl methyl sites for hydroxylation is 1. The first kappa shape index (κ1) is 11.2. The van der Waals surface area contributed by atoms with Crippen molar-refractivity contribution in [1.29, 1.82) is 5.26 Å². The van der Waals surface area contributed by atoms with Gasteiger partial charge in [-0.25, -0.2) is 0 Å². The van der Waals surface area contributed by atoms with Crippen LogP contribution >= 0.6 is 0 Å². The Hall–Kier alpha value is -1.83. The van der Waals surface area contributed by atoms with Gasteiger partial charge < -0.3 is 5.32 Å². The quantitative estimate of drug-likeness (QED) is 0.752. The first-order valence-electron chi connectivity index (χ1n) is 4.60. The highest BCUT2D eigenvalue weighted by atomic mass is 16.2. The highest BCUT2D eigenvalue weighted by molar-refractivity contribution is 5.94. The molecule has 0 saturated carbocycles. The van der Waals surface area contributed by atoms with Crippen LogP contribution in [0.15, 0.2) is 6.20 Å². The zero-order valence-electron chi connectivity index (χ0n) is 9.33. The molecule has 0 aromatic carbocycles. The summed E-state index contributed by atoms with van der Waals surface area (Å²) in [6.07, 6.45) is 1.43. The summed E-state index contributed by atoms with van der Waals surface area (Å²) in [5.74, 6) is 0.306. The van der Waals surface area contributed by atoms with Gasteiger partial charge in [-0.05, 0) is 0 Å². The van der Waals surface area contributed by atoms with E-state index in [1.165, 1.54) is 10.9 Å². The molecular formula is C10H14N4O. The van der Waals surface area contributed by atoms with Crippen LogP contribution in [0.1, 0.15) is 26.3 Å². The molecule has 1 N–H and O–H groups in total. The van der Waals surface area contributed by atoms with E-state index >= 15 is 0 Å². The summed E-state index contributed by atoms with van der Waals surface area (Å²) in [6.45, 7) is 5.43. The number of hydrogen-bond acceptors (Lipinski definition) is 3. The van der Waals surface area contributed by atoms with E-state index in [1.54, 1.807) is 7.05 Å². The van der Waals surface area contributed by atoms with Crippen molar-refractivity contribution in [2.24, 2.45) is 12.5 Å². The Morgan fingerprint density at radius 2 is 2.20 bits per heavy atom. The number of nitriles is 1. The average Bonchev–Trinajstić information content (AvgIpc) is 2.46. The molecule has 80 valence electrons. The molecule has 0 aliphatic rings. The van der Waals surface area contributed by atoms with E-state index in [0.29, 0.717) is 11.4 Å². The Morgan fingerprint density at radius 1 is 1.60 bits per heavy atom. The molecule has 1 aromatic rings. The fourth-order valence-electron chi connectivity index (χ4n) is 0.963. The Labute approximate surface area is 88.7 Å². The molecule has 0 aliphatic carbocycles. The largest absolute Gasteiger partial charge is 0.309 e. The molecule has 0 atom stereocenters. The molecule has 0 saturated heterocycles. The summed E-state index contributed by atoms with van der Waals surface area (Å²) in [7, 11) is 1.68. The van der Waals surface area contributed by atoms with Gasteiger partial charge in [0.05, 0.1) is 6.20 Å². The summed E-state index contributed by atoms with van der Waals surface area (Å²) < 4.78 is 1.47. The van der Waals surface area contributed by atoms with Gasteiger partial charge in [-0.15, -0.1) is 0 Å². The SMILES string of the molecule is Cn1ncc(C#N)c1NC(=O)C(C)(C)C. The number of anilines is 1. The Morgan fingerprint density at radius 3 is 2.67 bits per heavy atom. The van der Waals surface area contributed by atoms with Crippen molar-refractivity contribution in [3.63, 3.8) is 0 Å². The van der Waals surface area contributed by atoms with Crippen molar-refractivity contribution >= 4 is 11.7 Å². The summed E-state index contributed by atoms with van der Waals surface area (Å²) in [6, 6.07) is 1.98. The first-order valence-corrected chi connectivity index (χ1v) is 4.60. The monoisotopic (exact) mass is 206 g/mol. The van der Waals surface area contributed by atoms with E-state index in [4.69, 9.17) is 5.26 Å². The maximum absolute atomic E-state index is 11.7. The van der Waals surface area contributed by atoms with Crippen molar-refractivity contribution in [3.8, 4) is 6.07 Å². The highest BCUT2D eigenvalue weighted by Gasteiger charge is 2.23. The molecule has 0 fully saturated rings. The second-order valence-corrected chi connectivity index (χ2v) is 4.35. The number of hydrogen-bond donors (Lipinski definition) is 1. The van der Waals surface area contributed by atoms with Crippen LogP contribution in [0.25, 0.3) is 0 Å². The predicted molar refractivity (Wildman–Crippen MR) is 56.0 cm³/mol. The predicted octanol–water partition coefficient (Wildman–Crippen LogP) is 1.28. The van der Waals surface area contributed by atoms with Gasteiger partial charge >= 0.3 is 0 Å². The van der Waals surface area contributed by atoms with Crippen LogP contribution in [0.2, 0.25) is 0 Å². The summed E-state index contributed by atoms with van der Waals surface area (Å²) in [5, 5.41) is 15.4. The van der Waals surface area contributed by atoms with Gasteiger partial charge in [0.2, 0.25) is 5.91 Å². The lowest BCUT2D eigenvalue weighted by molar-refractivity contribution is -0.123.